The van der Waals surface area contributed by atoms with Gasteiger partial charge in [-0.25, -0.2) is 4.79 Å². The first kappa shape index (κ1) is 18.5. The number of aromatic hydroxyl groups is 1. The summed E-state index contributed by atoms with van der Waals surface area (Å²) < 4.78 is 4.99. The highest BCUT2D eigenvalue weighted by Crippen LogP contribution is 2.19. The van der Waals surface area contributed by atoms with Gasteiger partial charge in [-0.3, -0.25) is 4.79 Å². The number of hydrogen-bond acceptors (Lipinski definition) is 4. The van der Waals surface area contributed by atoms with Crippen molar-refractivity contribution in [2.45, 2.75) is 33.7 Å². The van der Waals surface area contributed by atoms with E-state index in [1.165, 1.54) is 17.7 Å². The first-order chi connectivity index (χ1) is 11.8. The van der Waals surface area contributed by atoms with Gasteiger partial charge in [-0.2, -0.15) is 0 Å². The second-order valence-electron chi connectivity index (χ2n) is 6.23. The number of amides is 1. The SMILES string of the molecule is Cc1ccc(O)c(C(=O)OCC(=O)NC(C)c2ccc(C)c(C)c2)c1. The van der Waals surface area contributed by atoms with Crippen LogP contribution in [-0.4, -0.2) is 23.6 Å². The number of carbonyl (C=O) groups is 2. The second kappa shape index (κ2) is 7.83. The number of hydrogen-bond donors (Lipinski definition) is 2. The average Bonchev–Trinajstić information content (AvgIpc) is 2.57. The van der Waals surface area contributed by atoms with Crippen molar-refractivity contribution in [3.05, 3.63) is 64.2 Å². The normalized spacial score (nSPS) is 11.7. The zero-order chi connectivity index (χ0) is 18.6. The number of ether oxygens (including phenoxy) is 1. The Labute approximate surface area is 147 Å². The van der Waals surface area contributed by atoms with Crippen molar-refractivity contribution < 1.29 is 19.4 Å². The van der Waals surface area contributed by atoms with Crippen molar-refractivity contribution in [1.29, 1.82) is 0 Å². The maximum absolute atomic E-state index is 12.0. The summed E-state index contributed by atoms with van der Waals surface area (Å²) in [7, 11) is 0. The van der Waals surface area contributed by atoms with Gasteiger partial charge in [0.2, 0.25) is 0 Å². The Kier molecular flexibility index (Phi) is 5.80. The van der Waals surface area contributed by atoms with Crippen LogP contribution in [0.15, 0.2) is 36.4 Å². The van der Waals surface area contributed by atoms with Crippen molar-refractivity contribution in [3.63, 3.8) is 0 Å². The van der Waals surface area contributed by atoms with Crippen LogP contribution in [-0.2, 0) is 9.53 Å². The number of phenols is 1. The minimum absolute atomic E-state index is 0.0509. The van der Waals surface area contributed by atoms with Gasteiger partial charge in [-0.15, -0.1) is 0 Å². The smallest absolute Gasteiger partial charge is 0.342 e. The van der Waals surface area contributed by atoms with Crippen LogP contribution in [0.25, 0.3) is 0 Å². The van der Waals surface area contributed by atoms with Crippen LogP contribution in [0.2, 0.25) is 0 Å². The zero-order valence-electron chi connectivity index (χ0n) is 14.9. The van der Waals surface area contributed by atoms with E-state index in [0.29, 0.717) is 0 Å². The summed E-state index contributed by atoms with van der Waals surface area (Å²) in [6.45, 7) is 7.32. The Bertz CT molecular complexity index is 798. The fourth-order valence-corrected chi connectivity index (χ4v) is 2.42. The molecular formula is C20H23NO4. The highest BCUT2D eigenvalue weighted by Gasteiger charge is 2.16. The van der Waals surface area contributed by atoms with Crippen molar-refractivity contribution in [1.82, 2.24) is 5.32 Å². The maximum Gasteiger partial charge on any atom is 0.342 e. The largest absolute Gasteiger partial charge is 0.507 e. The van der Waals surface area contributed by atoms with Gasteiger partial charge in [-0.1, -0.05) is 29.8 Å². The van der Waals surface area contributed by atoms with Crippen LogP contribution in [0.1, 0.15) is 45.6 Å². The molecule has 2 aromatic carbocycles. The molecule has 2 N–H and O–H groups in total. The van der Waals surface area contributed by atoms with Crippen LogP contribution < -0.4 is 5.32 Å². The summed E-state index contributed by atoms with van der Waals surface area (Å²) in [5.41, 5.74) is 4.20. The monoisotopic (exact) mass is 341 g/mol. The lowest BCUT2D eigenvalue weighted by Crippen LogP contribution is -2.31. The molecule has 0 aliphatic carbocycles. The highest BCUT2D eigenvalue weighted by molar-refractivity contribution is 5.94. The molecule has 25 heavy (non-hydrogen) atoms. The standard InChI is InChI=1S/C20H23NO4/c1-12-5-8-18(22)17(9-12)20(24)25-11-19(23)21-15(4)16-7-6-13(2)14(3)10-16/h5-10,15,22H,11H2,1-4H3,(H,21,23). The van der Waals surface area contributed by atoms with Crippen molar-refractivity contribution in [2.24, 2.45) is 0 Å². The minimum atomic E-state index is -0.727. The minimum Gasteiger partial charge on any atom is -0.507 e. The van der Waals surface area contributed by atoms with Gasteiger partial charge in [0.1, 0.15) is 11.3 Å². The summed E-state index contributed by atoms with van der Waals surface area (Å²) >= 11 is 0. The number of esters is 1. The van der Waals surface area contributed by atoms with Gasteiger partial charge in [0, 0.05) is 0 Å². The van der Waals surface area contributed by atoms with E-state index in [9.17, 15) is 14.7 Å². The van der Waals surface area contributed by atoms with Crippen LogP contribution in [0, 0.1) is 20.8 Å². The molecule has 0 heterocycles. The number of rotatable bonds is 5. The molecule has 5 heteroatoms. The number of benzene rings is 2. The molecule has 2 aromatic rings. The van der Waals surface area contributed by atoms with E-state index in [4.69, 9.17) is 4.74 Å². The predicted molar refractivity (Wildman–Crippen MR) is 95.6 cm³/mol. The number of carbonyl (C=O) groups excluding carboxylic acids is 2. The highest BCUT2D eigenvalue weighted by atomic mass is 16.5. The zero-order valence-corrected chi connectivity index (χ0v) is 14.9. The summed E-state index contributed by atoms with van der Waals surface area (Å²) in [5, 5.41) is 12.5. The first-order valence-corrected chi connectivity index (χ1v) is 8.11. The molecular weight excluding hydrogens is 318 g/mol. The second-order valence-corrected chi connectivity index (χ2v) is 6.23. The number of aryl methyl sites for hydroxylation is 3. The molecule has 2 rings (SSSR count). The summed E-state index contributed by atoms with van der Waals surface area (Å²) in [6.07, 6.45) is 0. The summed E-state index contributed by atoms with van der Waals surface area (Å²) in [6, 6.07) is 10.4. The first-order valence-electron chi connectivity index (χ1n) is 8.11. The third kappa shape index (κ3) is 4.83. The summed E-state index contributed by atoms with van der Waals surface area (Å²) in [4.78, 5) is 24.0. The molecule has 0 saturated heterocycles. The molecule has 1 atom stereocenters. The third-order valence-electron chi connectivity index (χ3n) is 4.11. The van der Waals surface area contributed by atoms with E-state index < -0.39 is 18.5 Å². The van der Waals surface area contributed by atoms with Gasteiger partial charge < -0.3 is 15.2 Å². The summed E-state index contributed by atoms with van der Waals surface area (Å²) in [5.74, 6) is -1.29. The Hall–Kier alpha value is -2.82. The number of nitrogens with one attached hydrogen (secondary N) is 1. The van der Waals surface area contributed by atoms with E-state index in [0.717, 1.165) is 16.7 Å². The van der Waals surface area contributed by atoms with Crippen molar-refractivity contribution in [2.75, 3.05) is 6.61 Å². The molecule has 0 bridgehead atoms. The average molecular weight is 341 g/mol. The van der Waals surface area contributed by atoms with Crippen LogP contribution in [0.5, 0.6) is 5.75 Å². The Morgan fingerprint density at radius 3 is 2.48 bits per heavy atom. The molecule has 0 radical (unpaired) electrons. The van der Waals surface area contributed by atoms with E-state index in [-0.39, 0.29) is 17.4 Å². The van der Waals surface area contributed by atoms with Gasteiger partial charge >= 0.3 is 5.97 Å². The lowest BCUT2D eigenvalue weighted by molar-refractivity contribution is -0.124. The van der Waals surface area contributed by atoms with Gasteiger partial charge in [0.25, 0.3) is 5.91 Å². The molecule has 0 saturated carbocycles. The molecule has 0 aliphatic rings. The van der Waals surface area contributed by atoms with Crippen molar-refractivity contribution >= 4 is 11.9 Å². The molecule has 0 fully saturated rings. The Balaban J connectivity index is 1.92. The lowest BCUT2D eigenvalue weighted by atomic mass is 10.0. The third-order valence-corrected chi connectivity index (χ3v) is 4.11. The van der Waals surface area contributed by atoms with Gasteiger partial charge in [0.05, 0.1) is 6.04 Å². The van der Waals surface area contributed by atoms with Crippen LogP contribution in [0.3, 0.4) is 0 Å². The molecule has 0 spiro atoms. The van der Waals surface area contributed by atoms with E-state index >= 15 is 0 Å². The van der Waals surface area contributed by atoms with Gasteiger partial charge in [-0.05, 0) is 56.5 Å². The Morgan fingerprint density at radius 2 is 1.80 bits per heavy atom. The van der Waals surface area contributed by atoms with Crippen LogP contribution in [0.4, 0.5) is 0 Å². The molecule has 5 nitrogen and oxygen atoms in total. The molecule has 0 aromatic heterocycles. The maximum atomic E-state index is 12.0. The van der Waals surface area contributed by atoms with Gasteiger partial charge in [0.15, 0.2) is 6.61 Å². The Morgan fingerprint density at radius 1 is 1.08 bits per heavy atom. The van der Waals surface area contributed by atoms with E-state index in [1.54, 1.807) is 13.0 Å². The molecule has 0 aliphatic heterocycles. The molecule has 132 valence electrons. The topological polar surface area (TPSA) is 75.6 Å². The molecule has 1 unspecified atom stereocenters. The predicted octanol–water partition coefficient (Wildman–Crippen LogP) is 3.35. The fraction of sp³-hybridized carbons (Fsp3) is 0.300. The van der Waals surface area contributed by atoms with Crippen molar-refractivity contribution in [3.8, 4) is 5.75 Å². The fourth-order valence-electron chi connectivity index (χ4n) is 2.42. The quantitative estimate of drug-likeness (QED) is 0.818. The van der Waals surface area contributed by atoms with Crippen LogP contribution >= 0.6 is 0 Å². The number of phenolic OH excluding ortho intramolecular Hbond substituents is 1. The molecule has 1 amide bonds. The van der Waals surface area contributed by atoms with E-state index in [1.807, 2.05) is 39.0 Å². The van der Waals surface area contributed by atoms with E-state index in [2.05, 4.69) is 5.32 Å². The lowest BCUT2D eigenvalue weighted by Gasteiger charge is -2.16.